The number of piperidine rings is 1. The maximum atomic E-state index is 13.6. The number of halogens is 1. The van der Waals surface area contributed by atoms with Crippen LogP contribution >= 0.6 is 0 Å². The standard InChI is InChI=1S/C21H21FN2O/c22-16-7-5-14-6-8-19(17(14)13-16)24-11-9-15(10-12-24)21-23-18-3-1-2-4-20(18)25-21/h1-5,7,13,15,19H,6,8-12H2/t19-/m1/s1. The second-order valence-corrected chi connectivity index (χ2v) is 7.23. The summed E-state index contributed by atoms with van der Waals surface area (Å²) in [5.41, 5.74) is 4.33. The van der Waals surface area contributed by atoms with Gasteiger partial charge in [0.25, 0.3) is 0 Å². The van der Waals surface area contributed by atoms with Crippen LogP contribution < -0.4 is 0 Å². The van der Waals surface area contributed by atoms with Crippen molar-refractivity contribution in [2.24, 2.45) is 0 Å². The summed E-state index contributed by atoms with van der Waals surface area (Å²) in [4.78, 5) is 7.19. The van der Waals surface area contributed by atoms with Crippen LogP contribution in [0.15, 0.2) is 46.9 Å². The molecule has 0 unspecified atom stereocenters. The van der Waals surface area contributed by atoms with Crippen molar-refractivity contribution >= 4 is 11.1 Å². The number of rotatable bonds is 2. The largest absolute Gasteiger partial charge is 0.440 e. The van der Waals surface area contributed by atoms with Gasteiger partial charge in [-0.2, -0.15) is 0 Å². The molecule has 128 valence electrons. The highest BCUT2D eigenvalue weighted by atomic mass is 19.1. The topological polar surface area (TPSA) is 29.3 Å². The SMILES string of the molecule is Fc1ccc2c(c1)[C@H](N1CCC(c3nc4ccccc4o3)CC1)CC2. The first-order chi connectivity index (χ1) is 12.3. The van der Waals surface area contributed by atoms with Gasteiger partial charge in [-0.15, -0.1) is 0 Å². The zero-order valence-electron chi connectivity index (χ0n) is 14.1. The van der Waals surface area contributed by atoms with E-state index in [4.69, 9.17) is 4.42 Å². The van der Waals surface area contributed by atoms with Crippen molar-refractivity contribution in [3.63, 3.8) is 0 Å². The van der Waals surface area contributed by atoms with Gasteiger partial charge in [0.2, 0.25) is 0 Å². The summed E-state index contributed by atoms with van der Waals surface area (Å²) in [6.45, 7) is 2.04. The zero-order chi connectivity index (χ0) is 16.8. The molecule has 2 aromatic carbocycles. The van der Waals surface area contributed by atoms with E-state index in [2.05, 4.69) is 9.88 Å². The fourth-order valence-electron chi connectivity index (χ4n) is 4.45. The van der Waals surface area contributed by atoms with Crippen molar-refractivity contribution in [2.45, 2.75) is 37.6 Å². The third-order valence-electron chi connectivity index (χ3n) is 5.78. The number of hydrogen-bond acceptors (Lipinski definition) is 3. The molecule has 1 saturated heterocycles. The lowest BCUT2D eigenvalue weighted by molar-refractivity contribution is 0.145. The summed E-state index contributed by atoms with van der Waals surface area (Å²) in [5, 5.41) is 0. The average Bonchev–Trinajstić information content (AvgIpc) is 3.25. The van der Waals surface area contributed by atoms with E-state index in [1.165, 1.54) is 11.1 Å². The predicted octanol–water partition coefficient (Wildman–Crippen LogP) is 4.83. The Morgan fingerprint density at radius 2 is 1.88 bits per heavy atom. The molecule has 4 heteroatoms. The van der Waals surface area contributed by atoms with Crippen molar-refractivity contribution in [3.8, 4) is 0 Å². The van der Waals surface area contributed by atoms with Crippen LogP contribution in [0.3, 0.4) is 0 Å². The van der Waals surface area contributed by atoms with Crippen LogP contribution in [0.1, 0.15) is 48.2 Å². The Morgan fingerprint density at radius 1 is 1.04 bits per heavy atom. The van der Waals surface area contributed by atoms with Gasteiger partial charge in [-0.3, -0.25) is 4.90 Å². The molecule has 25 heavy (non-hydrogen) atoms. The Labute approximate surface area is 146 Å². The Balaban J connectivity index is 1.31. The summed E-state index contributed by atoms with van der Waals surface area (Å²) >= 11 is 0. The average molecular weight is 336 g/mol. The van der Waals surface area contributed by atoms with E-state index in [0.717, 1.165) is 55.8 Å². The van der Waals surface area contributed by atoms with E-state index in [1.807, 2.05) is 30.3 Å². The highest BCUT2D eigenvalue weighted by Gasteiger charge is 2.32. The van der Waals surface area contributed by atoms with Gasteiger partial charge in [0, 0.05) is 12.0 Å². The van der Waals surface area contributed by atoms with Gasteiger partial charge < -0.3 is 4.42 Å². The minimum Gasteiger partial charge on any atom is -0.440 e. The van der Waals surface area contributed by atoms with E-state index in [1.54, 1.807) is 12.1 Å². The van der Waals surface area contributed by atoms with Crippen molar-refractivity contribution in [2.75, 3.05) is 13.1 Å². The van der Waals surface area contributed by atoms with Gasteiger partial charge in [-0.1, -0.05) is 18.2 Å². The summed E-state index contributed by atoms with van der Waals surface area (Å²) in [5.74, 6) is 1.14. The number of benzene rings is 2. The first-order valence-corrected chi connectivity index (χ1v) is 9.16. The van der Waals surface area contributed by atoms with Crippen molar-refractivity contribution < 1.29 is 8.81 Å². The van der Waals surface area contributed by atoms with Crippen LogP contribution in [-0.2, 0) is 6.42 Å². The molecule has 0 amide bonds. The van der Waals surface area contributed by atoms with Crippen LogP contribution in [0.2, 0.25) is 0 Å². The van der Waals surface area contributed by atoms with Gasteiger partial charge in [-0.05, 0) is 74.2 Å². The predicted molar refractivity (Wildman–Crippen MR) is 95.0 cm³/mol. The third-order valence-corrected chi connectivity index (χ3v) is 5.78. The molecule has 1 atom stereocenters. The molecule has 5 rings (SSSR count). The Bertz CT molecular complexity index is 878. The molecule has 0 N–H and O–H groups in total. The highest BCUT2D eigenvalue weighted by Crippen LogP contribution is 2.39. The van der Waals surface area contributed by atoms with Crippen molar-refractivity contribution in [1.82, 2.24) is 9.88 Å². The number of aryl methyl sites for hydroxylation is 1. The number of oxazole rings is 1. The number of hydrogen-bond donors (Lipinski definition) is 0. The van der Waals surface area contributed by atoms with Crippen LogP contribution in [0, 0.1) is 5.82 Å². The summed E-state index contributed by atoms with van der Waals surface area (Å²) in [6.07, 6.45) is 4.26. The summed E-state index contributed by atoms with van der Waals surface area (Å²) < 4.78 is 19.6. The van der Waals surface area contributed by atoms with Gasteiger partial charge in [0.1, 0.15) is 11.3 Å². The second-order valence-electron chi connectivity index (χ2n) is 7.23. The van der Waals surface area contributed by atoms with E-state index >= 15 is 0 Å². The lowest BCUT2D eigenvalue weighted by atomic mass is 9.94. The lowest BCUT2D eigenvalue weighted by Crippen LogP contribution is -2.35. The third kappa shape index (κ3) is 2.65. The first kappa shape index (κ1) is 15.1. The minimum absolute atomic E-state index is 0.119. The molecule has 2 aliphatic rings. The fourth-order valence-corrected chi connectivity index (χ4v) is 4.45. The van der Waals surface area contributed by atoms with Crippen molar-refractivity contribution in [3.05, 3.63) is 65.3 Å². The maximum Gasteiger partial charge on any atom is 0.198 e. The molecule has 1 aliphatic carbocycles. The van der Waals surface area contributed by atoms with Gasteiger partial charge >= 0.3 is 0 Å². The van der Waals surface area contributed by atoms with E-state index in [0.29, 0.717) is 12.0 Å². The lowest BCUT2D eigenvalue weighted by Gasteiger charge is -2.35. The number of nitrogens with zero attached hydrogens (tertiary/aromatic N) is 2. The maximum absolute atomic E-state index is 13.6. The number of likely N-dealkylation sites (tertiary alicyclic amines) is 1. The molecular weight excluding hydrogens is 315 g/mol. The summed E-state index contributed by atoms with van der Waals surface area (Å²) in [6, 6.07) is 13.6. The normalized spacial score (nSPS) is 21.7. The molecule has 1 aliphatic heterocycles. The molecule has 2 heterocycles. The minimum atomic E-state index is -0.119. The molecule has 3 nitrogen and oxygen atoms in total. The molecule has 0 radical (unpaired) electrons. The van der Waals surface area contributed by atoms with E-state index in [9.17, 15) is 4.39 Å². The Morgan fingerprint density at radius 3 is 2.72 bits per heavy atom. The second kappa shape index (κ2) is 5.95. The van der Waals surface area contributed by atoms with Crippen LogP contribution in [-0.4, -0.2) is 23.0 Å². The molecule has 3 aromatic rings. The highest BCUT2D eigenvalue weighted by molar-refractivity contribution is 5.72. The van der Waals surface area contributed by atoms with Crippen LogP contribution in [0.5, 0.6) is 0 Å². The molecular formula is C21H21FN2O. The quantitative estimate of drug-likeness (QED) is 0.671. The van der Waals surface area contributed by atoms with E-state index < -0.39 is 0 Å². The molecule has 1 aromatic heterocycles. The molecule has 0 spiro atoms. The Kier molecular flexibility index (Phi) is 3.59. The van der Waals surface area contributed by atoms with Crippen molar-refractivity contribution in [1.29, 1.82) is 0 Å². The Hall–Kier alpha value is -2.20. The first-order valence-electron chi connectivity index (χ1n) is 9.16. The van der Waals surface area contributed by atoms with Crippen LogP contribution in [0.4, 0.5) is 4.39 Å². The zero-order valence-corrected chi connectivity index (χ0v) is 14.1. The van der Waals surface area contributed by atoms with Crippen LogP contribution in [0.25, 0.3) is 11.1 Å². The van der Waals surface area contributed by atoms with Gasteiger partial charge in [0.05, 0.1) is 0 Å². The number of aromatic nitrogens is 1. The van der Waals surface area contributed by atoms with E-state index in [-0.39, 0.29) is 5.82 Å². The van der Waals surface area contributed by atoms with Gasteiger partial charge in [0.15, 0.2) is 11.5 Å². The van der Waals surface area contributed by atoms with Gasteiger partial charge in [-0.25, -0.2) is 9.37 Å². The number of para-hydroxylation sites is 2. The summed E-state index contributed by atoms with van der Waals surface area (Å²) in [7, 11) is 0. The monoisotopic (exact) mass is 336 g/mol. The molecule has 0 saturated carbocycles. The smallest absolute Gasteiger partial charge is 0.198 e. The number of fused-ring (bicyclic) bond motifs is 2. The fraction of sp³-hybridized carbons (Fsp3) is 0.381. The molecule has 1 fully saturated rings. The molecule has 0 bridgehead atoms.